The number of ketones is 1. The Morgan fingerprint density at radius 3 is 2.44 bits per heavy atom. The van der Waals surface area contributed by atoms with Crippen LogP contribution in [0.2, 0.25) is 0 Å². The minimum Gasteiger partial charge on any atom is -0.299 e. The van der Waals surface area contributed by atoms with Crippen LogP contribution in [0.3, 0.4) is 0 Å². The van der Waals surface area contributed by atoms with Gasteiger partial charge in [-0.15, -0.1) is 0 Å². The van der Waals surface area contributed by atoms with Gasteiger partial charge in [0.25, 0.3) is 0 Å². The molecule has 0 unspecified atom stereocenters. The first-order chi connectivity index (χ1) is 7.79. The van der Waals surface area contributed by atoms with Crippen molar-refractivity contribution in [2.24, 2.45) is 0 Å². The van der Waals surface area contributed by atoms with Gasteiger partial charge in [0.2, 0.25) is 0 Å². The molecule has 0 aromatic heterocycles. The largest absolute Gasteiger partial charge is 0.299 e. The van der Waals surface area contributed by atoms with Crippen LogP contribution in [0.5, 0.6) is 0 Å². The van der Waals surface area contributed by atoms with E-state index in [-0.39, 0.29) is 0 Å². The highest BCUT2D eigenvalue weighted by Crippen LogP contribution is 2.12. The first-order valence-electron chi connectivity index (χ1n) is 6.61. The molecular formula is C15H24O. The average Bonchev–Trinajstić information content (AvgIpc) is 2.25. The summed E-state index contributed by atoms with van der Waals surface area (Å²) in [7, 11) is 0. The standard InChI is InChI=1S/C15H24O/c1-14-11-9-7-5-3-2-4-6-8-10-12-15(16)13-14/h4,6,11H,2-3,5,7-10,12-13H2,1H3. The van der Waals surface area contributed by atoms with Gasteiger partial charge in [-0.2, -0.15) is 0 Å². The van der Waals surface area contributed by atoms with E-state index in [0.29, 0.717) is 12.2 Å². The van der Waals surface area contributed by atoms with Gasteiger partial charge in [0.1, 0.15) is 5.78 Å². The van der Waals surface area contributed by atoms with Crippen LogP contribution in [0.25, 0.3) is 0 Å². The topological polar surface area (TPSA) is 17.1 Å². The SMILES string of the molecule is CC1=CCCCCCC=CCCCC(=O)C1. The molecule has 0 N–H and O–H groups in total. The molecule has 0 aromatic rings. The molecule has 1 nitrogen and oxygen atoms in total. The quantitative estimate of drug-likeness (QED) is 0.546. The van der Waals surface area contributed by atoms with Crippen molar-refractivity contribution in [3.63, 3.8) is 0 Å². The Labute approximate surface area is 99.6 Å². The fourth-order valence-corrected chi connectivity index (χ4v) is 2.06. The molecule has 0 aromatic carbocycles. The van der Waals surface area contributed by atoms with E-state index in [9.17, 15) is 4.79 Å². The van der Waals surface area contributed by atoms with Crippen molar-refractivity contribution >= 4 is 5.78 Å². The zero-order chi connectivity index (χ0) is 11.6. The predicted octanol–water partition coefficient (Wildman–Crippen LogP) is 4.58. The van der Waals surface area contributed by atoms with Gasteiger partial charge in [-0.05, 0) is 45.4 Å². The molecule has 0 atom stereocenters. The lowest BCUT2D eigenvalue weighted by Gasteiger charge is -2.02. The van der Waals surface area contributed by atoms with E-state index >= 15 is 0 Å². The highest BCUT2D eigenvalue weighted by Gasteiger charge is 2.02. The van der Waals surface area contributed by atoms with E-state index in [0.717, 1.165) is 25.7 Å². The highest BCUT2D eigenvalue weighted by atomic mass is 16.1. The van der Waals surface area contributed by atoms with Gasteiger partial charge in [-0.25, -0.2) is 0 Å². The van der Waals surface area contributed by atoms with E-state index < -0.39 is 0 Å². The van der Waals surface area contributed by atoms with Crippen molar-refractivity contribution in [1.82, 2.24) is 0 Å². The summed E-state index contributed by atoms with van der Waals surface area (Å²) in [5.41, 5.74) is 1.26. The number of hydrogen-bond acceptors (Lipinski definition) is 1. The third-order valence-electron chi connectivity index (χ3n) is 3.04. The zero-order valence-corrected chi connectivity index (χ0v) is 10.5. The van der Waals surface area contributed by atoms with Crippen molar-refractivity contribution in [2.75, 3.05) is 0 Å². The van der Waals surface area contributed by atoms with Crippen molar-refractivity contribution in [3.8, 4) is 0 Å². The van der Waals surface area contributed by atoms with Gasteiger partial charge < -0.3 is 0 Å². The summed E-state index contributed by atoms with van der Waals surface area (Å²) in [6.45, 7) is 2.09. The van der Waals surface area contributed by atoms with Crippen LogP contribution >= 0.6 is 0 Å². The normalized spacial score (nSPS) is 21.3. The summed E-state index contributed by atoms with van der Waals surface area (Å²) in [5, 5.41) is 0. The molecule has 0 saturated heterocycles. The summed E-state index contributed by atoms with van der Waals surface area (Å²) in [4.78, 5) is 11.6. The van der Waals surface area contributed by atoms with Gasteiger partial charge in [0.15, 0.2) is 0 Å². The van der Waals surface area contributed by atoms with Gasteiger partial charge in [-0.1, -0.05) is 30.2 Å². The van der Waals surface area contributed by atoms with Crippen LogP contribution in [0.4, 0.5) is 0 Å². The van der Waals surface area contributed by atoms with Gasteiger partial charge in [0, 0.05) is 12.8 Å². The maximum Gasteiger partial charge on any atom is 0.136 e. The van der Waals surface area contributed by atoms with E-state index in [4.69, 9.17) is 0 Å². The number of rotatable bonds is 0. The van der Waals surface area contributed by atoms with E-state index in [1.807, 2.05) is 0 Å². The maximum absolute atomic E-state index is 11.6. The molecule has 0 fully saturated rings. The van der Waals surface area contributed by atoms with Crippen LogP contribution in [0.15, 0.2) is 23.8 Å². The zero-order valence-electron chi connectivity index (χ0n) is 10.5. The molecule has 16 heavy (non-hydrogen) atoms. The lowest BCUT2D eigenvalue weighted by Crippen LogP contribution is -1.98. The average molecular weight is 220 g/mol. The number of Topliss-reactive ketones (excluding diaryl/α,β-unsaturated/α-hetero) is 1. The van der Waals surface area contributed by atoms with Crippen LogP contribution in [0, 0.1) is 0 Å². The Balaban J connectivity index is 2.40. The molecule has 0 aliphatic heterocycles. The molecular weight excluding hydrogens is 196 g/mol. The molecule has 1 aliphatic carbocycles. The highest BCUT2D eigenvalue weighted by molar-refractivity contribution is 5.80. The number of carbonyl (C=O) groups excluding carboxylic acids is 1. The Bertz CT molecular complexity index is 261. The third-order valence-corrected chi connectivity index (χ3v) is 3.04. The molecule has 90 valence electrons. The van der Waals surface area contributed by atoms with Crippen LogP contribution < -0.4 is 0 Å². The van der Waals surface area contributed by atoms with Gasteiger partial charge in [0.05, 0.1) is 0 Å². The summed E-state index contributed by atoms with van der Waals surface area (Å²) < 4.78 is 0. The monoisotopic (exact) mass is 220 g/mol. The van der Waals surface area contributed by atoms with Crippen molar-refractivity contribution < 1.29 is 4.79 Å². The van der Waals surface area contributed by atoms with Crippen LogP contribution in [-0.4, -0.2) is 5.78 Å². The molecule has 0 spiro atoms. The van der Waals surface area contributed by atoms with Crippen LogP contribution in [0.1, 0.15) is 64.7 Å². The molecule has 0 heterocycles. The molecule has 0 saturated carbocycles. The minimum atomic E-state index is 0.402. The fraction of sp³-hybridized carbons (Fsp3) is 0.667. The van der Waals surface area contributed by atoms with E-state index in [2.05, 4.69) is 25.2 Å². The van der Waals surface area contributed by atoms with Crippen molar-refractivity contribution in [2.45, 2.75) is 64.7 Å². The number of hydrogen-bond donors (Lipinski definition) is 0. The number of carbonyl (C=O) groups is 1. The minimum absolute atomic E-state index is 0.402. The van der Waals surface area contributed by atoms with E-state index in [1.54, 1.807) is 0 Å². The van der Waals surface area contributed by atoms with Crippen molar-refractivity contribution in [1.29, 1.82) is 0 Å². The molecule has 1 heteroatoms. The Morgan fingerprint density at radius 1 is 0.938 bits per heavy atom. The fourth-order valence-electron chi connectivity index (χ4n) is 2.06. The predicted molar refractivity (Wildman–Crippen MR) is 69.5 cm³/mol. The summed E-state index contributed by atoms with van der Waals surface area (Å²) in [6.07, 6.45) is 16.5. The third kappa shape index (κ3) is 6.60. The van der Waals surface area contributed by atoms with Gasteiger partial charge in [-0.3, -0.25) is 4.79 Å². The second-order valence-corrected chi connectivity index (χ2v) is 4.77. The van der Waals surface area contributed by atoms with E-state index in [1.165, 1.54) is 31.3 Å². The lowest BCUT2D eigenvalue weighted by atomic mass is 10.0. The first-order valence-corrected chi connectivity index (χ1v) is 6.61. The maximum atomic E-state index is 11.6. The Morgan fingerprint density at radius 2 is 1.62 bits per heavy atom. The smallest absolute Gasteiger partial charge is 0.136 e. The number of allylic oxidation sites excluding steroid dienone is 4. The molecule has 1 rings (SSSR count). The van der Waals surface area contributed by atoms with Crippen LogP contribution in [-0.2, 0) is 4.79 Å². The summed E-state index contributed by atoms with van der Waals surface area (Å²) in [5.74, 6) is 0.402. The van der Waals surface area contributed by atoms with Crippen molar-refractivity contribution in [3.05, 3.63) is 23.8 Å². The van der Waals surface area contributed by atoms with Gasteiger partial charge >= 0.3 is 0 Å². The molecule has 1 aliphatic rings. The molecule has 0 bridgehead atoms. The summed E-state index contributed by atoms with van der Waals surface area (Å²) in [6, 6.07) is 0. The second-order valence-electron chi connectivity index (χ2n) is 4.77. The first kappa shape index (κ1) is 13.2. The lowest BCUT2D eigenvalue weighted by molar-refractivity contribution is -0.118. The Kier molecular flexibility index (Phi) is 6.87. The Hall–Kier alpha value is -0.850. The molecule has 0 radical (unpaired) electrons. The molecule has 0 amide bonds. The summed E-state index contributed by atoms with van der Waals surface area (Å²) >= 11 is 0. The second kappa shape index (κ2) is 8.32.